The number of rotatable bonds is 60. The second-order valence-corrected chi connectivity index (χ2v) is 25.7. The van der Waals surface area contributed by atoms with Crippen molar-refractivity contribution >= 4 is 5.91 Å². The Bertz CT molecular complexity index is 2030. The van der Waals surface area contributed by atoms with Gasteiger partial charge < -0.3 is 65.1 Å². The average Bonchev–Trinajstić information content (AvgIpc) is 0.852. The number of amides is 1. The first-order chi connectivity index (χ1) is 45.6. The molecule has 2 aliphatic rings. The summed E-state index contributed by atoms with van der Waals surface area (Å²) < 4.78 is 22.9. The number of unbranched alkanes of at least 4 members (excludes halogenated alkanes) is 29. The minimum absolute atomic E-state index is 0.256. The minimum Gasteiger partial charge on any atom is -0.394 e. The molecule has 2 fully saturated rings. The van der Waals surface area contributed by atoms with E-state index in [0.717, 1.165) is 96.3 Å². The van der Waals surface area contributed by atoms with E-state index in [1.807, 2.05) is 6.08 Å². The van der Waals surface area contributed by atoms with Crippen molar-refractivity contribution in [3.05, 3.63) is 122 Å². The quantitative estimate of drug-likeness (QED) is 0.0204. The number of carbonyl (C=O) groups excluding carboxylic acids is 1. The summed E-state index contributed by atoms with van der Waals surface area (Å²) in [6, 6.07) is -0.947. The predicted octanol–water partition coefficient (Wildman–Crippen LogP) is 16.1. The molecule has 2 rings (SSSR count). The van der Waals surface area contributed by atoms with Gasteiger partial charge in [0, 0.05) is 6.42 Å². The summed E-state index contributed by atoms with van der Waals surface area (Å²) in [5.41, 5.74) is 0. The third-order valence-corrected chi connectivity index (χ3v) is 17.4. The van der Waals surface area contributed by atoms with Crippen molar-refractivity contribution in [2.24, 2.45) is 0 Å². The van der Waals surface area contributed by atoms with Gasteiger partial charge in [-0.1, -0.05) is 296 Å². The molecular formula is C79H135NO13. The summed E-state index contributed by atoms with van der Waals surface area (Å²) in [6.45, 7) is 2.68. The molecule has 0 radical (unpaired) electrons. The highest BCUT2D eigenvalue weighted by Crippen LogP contribution is 2.30. The van der Waals surface area contributed by atoms with Crippen LogP contribution >= 0.6 is 0 Å². The van der Waals surface area contributed by atoms with Gasteiger partial charge in [-0.15, -0.1) is 0 Å². The highest BCUT2D eigenvalue weighted by atomic mass is 16.7. The van der Waals surface area contributed by atoms with Crippen LogP contribution in [0, 0.1) is 0 Å². The number of hydrogen-bond donors (Lipinski definition) is 9. The van der Waals surface area contributed by atoms with E-state index in [9.17, 15) is 45.6 Å². The normalized spacial score (nSPS) is 23.3. The van der Waals surface area contributed by atoms with Gasteiger partial charge in [-0.05, 0) is 96.3 Å². The minimum atomic E-state index is -1.80. The van der Waals surface area contributed by atoms with E-state index in [4.69, 9.17) is 18.9 Å². The number of ether oxygens (including phenoxy) is 4. The van der Waals surface area contributed by atoms with E-state index in [1.54, 1.807) is 6.08 Å². The van der Waals surface area contributed by atoms with E-state index in [-0.39, 0.29) is 18.9 Å². The maximum Gasteiger partial charge on any atom is 0.220 e. The van der Waals surface area contributed by atoms with Gasteiger partial charge >= 0.3 is 0 Å². The Kier molecular flexibility index (Phi) is 56.9. The van der Waals surface area contributed by atoms with Crippen LogP contribution in [0.25, 0.3) is 0 Å². The lowest BCUT2D eigenvalue weighted by molar-refractivity contribution is -0.359. The lowest BCUT2D eigenvalue weighted by Gasteiger charge is -2.46. The van der Waals surface area contributed by atoms with Crippen LogP contribution in [-0.2, 0) is 23.7 Å². The largest absolute Gasteiger partial charge is 0.394 e. The van der Waals surface area contributed by atoms with Gasteiger partial charge in [-0.3, -0.25) is 4.79 Å². The summed E-state index contributed by atoms with van der Waals surface area (Å²) in [5.74, 6) is -0.260. The molecule has 0 aromatic rings. The fraction of sp³-hybridized carbons (Fsp3) is 0.734. The Morgan fingerprint density at radius 1 is 0.398 bits per heavy atom. The van der Waals surface area contributed by atoms with Gasteiger partial charge in [-0.2, -0.15) is 0 Å². The molecule has 0 spiro atoms. The highest BCUT2D eigenvalue weighted by Gasteiger charge is 2.51. The van der Waals surface area contributed by atoms with Crippen molar-refractivity contribution in [1.29, 1.82) is 0 Å². The molecule has 9 N–H and O–H groups in total. The van der Waals surface area contributed by atoms with Gasteiger partial charge in [0.05, 0.1) is 32.0 Å². The van der Waals surface area contributed by atoms with Crippen LogP contribution < -0.4 is 5.32 Å². The Balaban J connectivity index is 1.69. The first-order valence-electron chi connectivity index (χ1n) is 37.3. The second-order valence-electron chi connectivity index (χ2n) is 25.7. The SMILES string of the molecule is CC/C=C\C/C=C\C/C=C\C/C=C\C/C=C\C/C=C\C/C=C\C/C=C\CCCCCCCCCCC(=O)NC(COC1OC(CO)C(OC2OC(CO)C(O)C(O)C2O)C(O)C1O)C(O)/C=C/CC/C=C/CCCCCCCCCCCCCCCCCCCCCC. The van der Waals surface area contributed by atoms with Gasteiger partial charge in [0.1, 0.15) is 48.8 Å². The van der Waals surface area contributed by atoms with Gasteiger partial charge in [0.15, 0.2) is 12.6 Å². The molecule has 12 unspecified atom stereocenters. The van der Waals surface area contributed by atoms with E-state index >= 15 is 0 Å². The lowest BCUT2D eigenvalue weighted by Crippen LogP contribution is -2.65. The molecule has 0 aliphatic carbocycles. The number of carbonyl (C=O) groups is 1. The fourth-order valence-electron chi connectivity index (χ4n) is 11.5. The van der Waals surface area contributed by atoms with Crippen molar-refractivity contribution in [3.63, 3.8) is 0 Å². The van der Waals surface area contributed by atoms with Gasteiger partial charge in [0.2, 0.25) is 5.91 Å². The van der Waals surface area contributed by atoms with E-state index < -0.39 is 86.8 Å². The third-order valence-electron chi connectivity index (χ3n) is 17.4. The van der Waals surface area contributed by atoms with Crippen LogP contribution in [0.1, 0.15) is 277 Å². The topological polar surface area (TPSA) is 228 Å². The second kappa shape index (κ2) is 61.9. The standard InChI is InChI=1S/C79H135NO13/c1-3-5-7-9-11-13-15-17-19-21-23-25-27-29-31-32-33-34-35-36-37-39-41-43-45-47-49-51-53-55-57-59-61-63-71(84)80-67(66-90-78-76(89)74(87)77(70(65-82)92-78)93-79-75(88)73(86)72(85)69(64-81)91-79)68(83)62-60-58-56-54-52-50-48-46-44-42-40-38-30-28-26-24-22-20-18-16-14-12-10-8-6-4-2/h5,7,11,13,17,19,23,25,29,31,33-34,36-37,41,43,52,54,60,62,67-70,72-79,81-83,85-89H,3-4,6,8-10,12,14-16,18,20-22,24,26-28,30,32,35,38-40,42,44-51,53,55-59,61,63-66H2,1-2H3,(H,80,84)/b7-5-,13-11-,19-17-,25-23-,31-29-,34-33-,37-36-,43-41-,54-52+,62-60+. The number of aliphatic hydroxyl groups is 8. The molecule has 0 saturated carbocycles. The summed E-state index contributed by atoms with van der Waals surface area (Å²) in [6.07, 6.45) is 74.0. The molecule has 0 aromatic carbocycles. The molecule has 1 amide bonds. The zero-order valence-electron chi connectivity index (χ0n) is 58.2. The van der Waals surface area contributed by atoms with Crippen LogP contribution in [0.15, 0.2) is 122 Å². The molecule has 14 heteroatoms. The highest BCUT2D eigenvalue weighted by molar-refractivity contribution is 5.76. The van der Waals surface area contributed by atoms with Crippen molar-refractivity contribution in [1.82, 2.24) is 5.32 Å². The summed E-state index contributed by atoms with van der Waals surface area (Å²) >= 11 is 0. The van der Waals surface area contributed by atoms with E-state index in [2.05, 4.69) is 129 Å². The number of nitrogens with one attached hydrogen (secondary N) is 1. The molecule has 0 aromatic heterocycles. The van der Waals surface area contributed by atoms with Crippen LogP contribution in [0.3, 0.4) is 0 Å². The van der Waals surface area contributed by atoms with Crippen LogP contribution in [0.5, 0.6) is 0 Å². The maximum absolute atomic E-state index is 13.4. The van der Waals surface area contributed by atoms with E-state index in [1.165, 1.54) is 148 Å². The zero-order chi connectivity index (χ0) is 67.3. The average molecular weight is 1310 g/mol. The first-order valence-corrected chi connectivity index (χ1v) is 37.3. The van der Waals surface area contributed by atoms with Crippen LogP contribution in [0.2, 0.25) is 0 Å². The molecule has 534 valence electrons. The molecule has 12 atom stereocenters. The Labute approximate surface area is 565 Å². The fourth-order valence-corrected chi connectivity index (χ4v) is 11.5. The number of allylic oxidation sites excluding steroid dienone is 19. The van der Waals surface area contributed by atoms with Crippen molar-refractivity contribution in [3.8, 4) is 0 Å². The Hall–Kier alpha value is -3.61. The molecule has 2 saturated heterocycles. The van der Waals surface area contributed by atoms with Crippen molar-refractivity contribution in [2.45, 2.75) is 351 Å². The molecule has 2 heterocycles. The molecule has 0 bridgehead atoms. The summed E-state index contributed by atoms with van der Waals surface area (Å²) in [4.78, 5) is 13.4. The lowest BCUT2D eigenvalue weighted by atomic mass is 9.97. The zero-order valence-corrected chi connectivity index (χ0v) is 58.2. The maximum atomic E-state index is 13.4. The number of aliphatic hydroxyl groups excluding tert-OH is 8. The third kappa shape index (κ3) is 45.5. The van der Waals surface area contributed by atoms with Gasteiger partial charge in [-0.25, -0.2) is 0 Å². The summed E-state index contributed by atoms with van der Waals surface area (Å²) in [7, 11) is 0. The first kappa shape index (κ1) is 85.5. The summed E-state index contributed by atoms with van der Waals surface area (Å²) in [5, 5.41) is 87.5. The molecule has 93 heavy (non-hydrogen) atoms. The predicted molar refractivity (Wildman–Crippen MR) is 382 cm³/mol. The van der Waals surface area contributed by atoms with Crippen LogP contribution in [-0.4, -0.2) is 140 Å². The van der Waals surface area contributed by atoms with Crippen molar-refractivity contribution in [2.75, 3.05) is 19.8 Å². The Morgan fingerprint density at radius 2 is 0.753 bits per heavy atom. The van der Waals surface area contributed by atoms with Crippen molar-refractivity contribution < 1.29 is 64.6 Å². The van der Waals surface area contributed by atoms with E-state index in [0.29, 0.717) is 12.8 Å². The molecule has 14 nitrogen and oxygen atoms in total. The monoisotopic (exact) mass is 1310 g/mol. The van der Waals surface area contributed by atoms with Gasteiger partial charge in [0.25, 0.3) is 0 Å². The van der Waals surface area contributed by atoms with Crippen LogP contribution in [0.4, 0.5) is 0 Å². The molecule has 2 aliphatic heterocycles. The number of hydrogen-bond acceptors (Lipinski definition) is 13. The smallest absolute Gasteiger partial charge is 0.220 e. The Morgan fingerprint density at radius 3 is 1.18 bits per heavy atom. The molecular weight excluding hydrogens is 1170 g/mol.